The Morgan fingerprint density at radius 1 is 1.38 bits per heavy atom. The third-order valence-electron chi connectivity index (χ3n) is 3.35. The second-order valence-electron chi connectivity index (χ2n) is 4.46. The normalized spacial score (nSPS) is 21.3. The summed E-state index contributed by atoms with van der Waals surface area (Å²) in [5.74, 6) is 0.0555. The summed E-state index contributed by atoms with van der Waals surface area (Å²) < 4.78 is 0. The van der Waals surface area contributed by atoms with Crippen molar-refractivity contribution in [3.63, 3.8) is 0 Å². The molecule has 1 aromatic rings. The Labute approximate surface area is 96.2 Å². The van der Waals surface area contributed by atoms with E-state index in [-0.39, 0.29) is 11.9 Å². The van der Waals surface area contributed by atoms with Gasteiger partial charge in [0, 0.05) is 12.2 Å². The highest BCUT2D eigenvalue weighted by Crippen LogP contribution is 2.26. The monoisotopic (exact) mass is 218 g/mol. The molecule has 0 saturated carbocycles. The summed E-state index contributed by atoms with van der Waals surface area (Å²) >= 11 is 0. The van der Waals surface area contributed by atoms with Gasteiger partial charge in [-0.1, -0.05) is 12.1 Å². The van der Waals surface area contributed by atoms with E-state index in [1.54, 1.807) is 0 Å². The van der Waals surface area contributed by atoms with Crippen molar-refractivity contribution in [2.24, 2.45) is 5.73 Å². The number of carbonyl (C=O) groups excluding carboxylic acids is 1. The van der Waals surface area contributed by atoms with E-state index in [9.17, 15) is 4.79 Å². The predicted octanol–water partition coefficient (Wildman–Crippen LogP) is 1.76. The van der Waals surface area contributed by atoms with Crippen LogP contribution in [0, 0.1) is 13.8 Å². The highest BCUT2D eigenvalue weighted by atomic mass is 16.2. The van der Waals surface area contributed by atoms with Gasteiger partial charge in [-0.2, -0.15) is 0 Å². The largest absolute Gasteiger partial charge is 0.320 e. The highest BCUT2D eigenvalue weighted by Gasteiger charge is 2.27. The molecule has 1 aliphatic heterocycles. The van der Waals surface area contributed by atoms with Crippen LogP contribution in [0.15, 0.2) is 18.2 Å². The summed E-state index contributed by atoms with van der Waals surface area (Å²) in [7, 11) is 0. The number of carbonyl (C=O) groups is 1. The molecule has 1 atom stereocenters. The number of hydrogen-bond acceptors (Lipinski definition) is 2. The van der Waals surface area contributed by atoms with E-state index in [0.717, 1.165) is 25.1 Å². The van der Waals surface area contributed by atoms with Crippen LogP contribution in [-0.4, -0.2) is 18.5 Å². The fourth-order valence-electron chi connectivity index (χ4n) is 2.17. The maximum absolute atomic E-state index is 12.0. The summed E-state index contributed by atoms with van der Waals surface area (Å²) in [6, 6.07) is 5.73. The molecule has 2 rings (SSSR count). The minimum atomic E-state index is -0.325. The van der Waals surface area contributed by atoms with Gasteiger partial charge in [0.05, 0.1) is 6.04 Å². The van der Waals surface area contributed by atoms with Crippen LogP contribution < -0.4 is 10.6 Å². The Morgan fingerprint density at radius 2 is 2.12 bits per heavy atom. The average molecular weight is 218 g/mol. The Hall–Kier alpha value is -1.35. The van der Waals surface area contributed by atoms with E-state index in [1.807, 2.05) is 17.0 Å². The van der Waals surface area contributed by atoms with Crippen LogP contribution in [0.4, 0.5) is 5.69 Å². The van der Waals surface area contributed by atoms with Crippen molar-refractivity contribution in [3.8, 4) is 0 Å². The molecule has 1 aromatic carbocycles. The molecule has 3 nitrogen and oxygen atoms in total. The Bertz CT molecular complexity index is 414. The smallest absolute Gasteiger partial charge is 0.243 e. The predicted molar refractivity (Wildman–Crippen MR) is 65.5 cm³/mol. The fraction of sp³-hybridized carbons (Fsp3) is 0.462. The first-order valence-electron chi connectivity index (χ1n) is 5.74. The molecule has 0 aromatic heterocycles. The van der Waals surface area contributed by atoms with Crippen LogP contribution in [0.5, 0.6) is 0 Å². The lowest BCUT2D eigenvalue weighted by Gasteiger charge is -2.31. The van der Waals surface area contributed by atoms with Crippen molar-refractivity contribution in [2.75, 3.05) is 11.4 Å². The molecule has 1 fully saturated rings. The van der Waals surface area contributed by atoms with Crippen molar-refractivity contribution >= 4 is 11.6 Å². The van der Waals surface area contributed by atoms with Gasteiger partial charge in [0.1, 0.15) is 0 Å². The quantitative estimate of drug-likeness (QED) is 0.780. The van der Waals surface area contributed by atoms with Crippen LogP contribution in [0.1, 0.15) is 24.0 Å². The van der Waals surface area contributed by atoms with Crippen molar-refractivity contribution in [2.45, 2.75) is 32.7 Å². The SMILES string of the molecule is Cc1cccc(N2CCCC(N)C2=O)c1C. The Morgan fingerprint density at radius 3 is 2.88 bits per heavy atom. The van der Waals surface area contributed by atoms with E-state index in [0.29, 0.717) is 0 Å². The van der Waals surface area contributed by atoms with Crippen LogP contribution in [0.2, 0.25) is 0 Å². The number of piperidine rings is 1. The first-order valence-corrected chi connectivity index (χ1v) is 5.74. The minimum Gasteiger partial charge on any atom is -0.320 e. The van der Waals surface area contributed by atoms with Gasteiger partial charge < -0.3 is 10.6 Å². The number of nitrogens with zero attached hydrogens (tertiary/aromatic N) is 1. The fourth-order valence-corrected chi connectivity index (χ4v) is 2.17. The van der Waals surface area contributed by atoms with Crippen LogP contribution in [0.25, 0.3) is 0 Å². The molecule has 3 heteroatoms. The second-order valence-corrected chi connectivity index (χ2v) is 4.46. The molecule has 0 aliphatic carbocycles. The molecule has 1 saturated heterocycles. The van der Waals surface area contributed by atoms with E-state index >= 15 is 0 Å². The number of benzene rings is 1. The maximum Gasteiger partial charge on any atom is 0.243 e. The third-order valence-corrected chi connectivity index (χ3v) is 3.35. The second kappa shape index (κ2) is 4.26. The third kappa shape index (κ3) is 1.83. The molecule has 1 amide bonds. The first-order chi connectivity index (χ1) is 7.61. The topological polar surface area (TPSA) is 46.3 Å². The molecule has 1 heterocycles. The highest BCUT2D eigenvalue weighted by molar-refractivity contribution is 5.98. The van der Waals surface area contributed by atoms with Gasteiger partial charge in [0.15, 0.2) is 0 Å². The van der Waals surface area contributed by atoms with Crippen molar-refractivity contribution in [3.05, 3.63) is 29.3 Å². The van der Waals surface area contributed by atoms with Gasteiger partial charge in [0.25, 0.3) is 0 Å². The van der Waals surface area contributed by atoms with Gasteiger partial charge in [-0.25, -0.2) is 0 Å². The molecule has 0 bridgehead atoms. The maximum atomic E-state index is 12.0. The molecule has 1 unspecified atom stereocenters. The van der Waals surface area contributed by atoms with Crippen molar-refractivity contribution < 1.29 is 4.79 Å². The number of amides is 1. The van der Waals surface area contributed by atoms with E-state index in [4.69, 9.17) is 5.73 Å². The Kier molecular flexibility index (Phi) is 2.97. The summed E-state index contributed by atoms with van der Waals surface area (Å²) in [4.78, 5) is 13.8. The number of rotatable bonds is 1. The van der Waals surface area contributed by atoms with Crippen LogP contribution in [-0.2, 0) is 4.79 Å². The van der Waals surface area contributed by atoms with Gasteiger partial charge in [-0.05, 0) is 43.9 Å². The van der Waals surface area contributed by atoms with E-state index in [1.165, 1.54) is 11.1 Å². The molecule has 0 radical (unpaired) electrons. The lowest BCUT2D eigenvalue weighted by molar-refractivity contribution is -0.120. The molecule has 16 heavy (non-hydrogen) atoms. The van der Waals surface area contributed by atoms with Crippen molar-refractivity contribution in [1.82, 2.24) is 0 Å². The zero-order valence-electron chi connectivity index (χ0n) is 9.86. The molecular weight excluding hydrogens is 200 g/mol. The van der Waals surface area contributed by atoms with Gasteiger partial charge in [-0.3, -0.25) is 4.79 Å². The number of hydrogen-bond donors (Lipinski definition) is 1. The van der Waals surface area contributed by atoms with Gasteiger partial charge >= 0.3 is 0 Å². The summed E-state index contributed by atoms with van der Waals surface area (Å²) in [6.45, 7) is 4.90. The van der Waals surface area contributed by atoms with E-state index < -0.39 is 0 Å². The summed E-state index contributed by atoms with van der Waals surface area (Å²) in [5.41, 5.74) is 9.20. The summed E-state index contributed by atoms with van der Waals surface area (Å²) in [6.07, 6.45) is 1.79. The standard InChI is InChI=1S/C13H18N2O/c1-9-5-3-7-12(10(9)2)15-8-4-6-11(14)13(15)16/h3,5,7,11H,4,6,8,14H2,1-2H3. The summed E-state index contributed by atoms with van der Waals surface area (Å²) in [5, 5.41) is 0. The van der Waals surface area contributed by atoms with E-state index in [2.05, 4.69) is 19.9 Å². The zero-order chi connectivity index (χ0) is 11.7. The number of aryl methyl sites for hydroxylation is 1. The minimum absolute atomic E-state index is 0.0555. The lowest BCUT2D eigenvalue weighted by atomic mass is 10.0. The lowest BCUT2D eigenvalue weighted by Crippen LogP contribution is -2.48. The molecule has 0 spiro atoms. The van der Waals surface area contributed by atoms with Gasteiger partial charge in [-0.15, -0.1) is 0 Å². The first kappa shape index (κ1) is 11.1. The zero-order valence-corrected chi connectivity index (χ0v) is 9.86. The molecule has 1 aliphatic rings. The van der Waals surface area contributed by atoms with Crippen LogP contribution in [0.3, 0.4) is 0 Å². The number of nitrogens with two attached hydrogens (primary N) is 1. The molecule has 2 N–H and O–H groups in total. The van der Waals surface area contributed by atoms with Crippen molar-refractivity contribution in [1.29, 1.82) is 0 Å². The molecular formula is C13H18N2O. The number of anilines is 1. The average Bonchev–Trinajstić information content (AvgIpc) is 2.27. The van der Waals surface area contributed by atoms with Gasteiger partial charge in [0.2, 0.25) is 5.91 Å². The molecule has 86 valence electrons. The van der Waals surface area contributed by atoms with Crippen LogP contribution >= 0.6 is 0 Å². The Balaban J connectivity index is 2.36.